The van der Waals surface area contributed by atoms with Gasteiger partial charge in [0.2, 0.25) is 0 Å². The van der Waals surface area contributed by atoms with Crippen molar-refractivity contribution in [2.75, 3.05) is 0 Å². The van der Waals surface area contributed by atoms with E-state index in [2.05, 4.69) is 10.5 Å². The third kappa shape index (κ3) is 3.18. The molecule has 8 heteroatoms. The molecule has 1 aromatic heterocycles. The number of hydrogen-bond donors (Lipinski definition) is 2. The number of nitrogens with one attached hydrogen (secondary N) is 1. The van der Waals surface area contributed by atoms with Gasteiger partial charge in [0.05, 0.1) is 27.5 Å². The number of halogens is 4. The zero-order valence-electron chi connectivity index (χ0n) is 11.4. The average Bonchev–Trinajstić information content (AvgIpc) is 2.66. The van der Waals surface area contributed by atoms with Crippen LogP contribution in [0.15, 0.2) is 12.1 Å². The predicted octanol–water partition coefficient (Wildman–Crippen LogP) is 3.06. The monoisotopic (exact) mass is 334 g/mol. The third-order valence-corrected chi connectivity index (χ3v) is 4.06. The number of hydrazine groups is 1. The first-order valence-electron chi connectivity index (χ1n) is 6.13. The molecule has 0 saturated heterocycles. The Morgan fingerprint density at radius 3 is 2.52 bits per heavy atom. The maximum atomic E-state index is 14.0. The SMILES string of the molecule is Cc1nn(C)c(CC(NN)c2cc(F)c(Cl)cc2F)c1Cl. The molecular formula is C13H14Cl2F2N4. The van der Waals surface area contributed by atoms with Crippen molar-refractivity contribution in [3.63, 3.8) is 0 Å². The average molecular weight is 335 g/mol. The summed E-state index contributed by atoms with van der Waals surface area (Å²) >= 11 is 11.7. The molecule has 0 fully saturated rings. The molecule has 21 heavy (non-hydrogen) atoms. The van der Waals surface area contributed by atoms with Gasteiger partial charge < -0.3 is 0 Å². The molecule has 2 aromatic rings. The van der Waals surface area contributed by atoms with Gasteiger partial charge in [-0.3, -0.25) is 16.0 Å². The molecule has 4 nitrogen and oxygen atoms in total. The van der Waals surface area contributed by atoms with Crippen molar-refractivity contribution < 1.29 is 8.78 Å². The Balaban J connectivity index is 2.39. The lowest BCUT2D eigenvalue weighted by molar-refractivity contribution is 0.491. The zero-order chi connectivity index (χ0) is 15.7. The molecule has 2 rings (SSSR count). The van der Waals surface area contributed by atoms with Gasteiger partial charge in [0.1, 0.15) is 11.6 Å². The summed E-state index contributed by atoms with van der Waals surface area (Å²) in [6, 6.07) is 1.29. The number of rotatable bonds is 4. The van der Waals surface area contributed by atoms with Gasteiger partial charge in [-0.15, -0.1) is 0 Å². The van der Waals surface area contributed by atoms with Gasteiger partial charge in [-0.1, -0.05) is 23.2 Å². The van der Waals surface area contributed by atoms with E-state index in [4.69, 9.17) is 29.0 Å². The van der Waals surface area contributed by atoms with Crippen LogP contribution in [0.3, 0.4) is 0 Å². The molecular weight excluding hydrogens is 321 g/mol. The Morgan fingerprint density at radius 1 is 1.33 bits per heavy atom. The summed E-state index contributed by atoms with van der Waals surface area (Å²) in [4.78, 5) is 0. The fourth-order valence-electron chi connectivity index (χ4n) is 2.16. The summed E-state index contributed by atoms with van der Waals surface area (Å²) in [5.41, 5.74) is 3.88. The molecule has 0 amide bonds. The van der Waals surface area contributed by atoms with Crippen molar-refractivity contribution in [1.29, 1.82) is 0 Å². The Labute approximate surface area is 130 Å². The summed E-state index contributed by atoms with van der Waals surface area (Å²) in [5, 5.41) is 4.38. The molecule has 0 spiro atoms. The van der Waals surface area contributed by atoms with E-state index < -0.39 is 17.7 Å². The third-order valence-electron chi connectivity index (χ3n) is 3.28. The molecule has 0 aliphatic rings. The van der Waals surface area contributed by atoms with E-state index in [0.29, 0.717) is 16.4 Å². The fraction of sp³-hybridized carbons (Fsp3) is 0.308. The predicted molar refractivity (Wildman–Crippen MR) is 78.1 cm³/mol. The highest BCUT2D eigenvalue weighted by Gasteiger charge is 2.21. The molecule has 0 aliphatic heterocycles. The first-order valence-corrected chi connectivity index (χ1v) is 6.89. The summed E-state index contributed by atoms with van der Waals surface area (Å²) in [6.45, 7) is 1.76. The van der Waals surface area contributed by atoms with Crippen molar-refractivity contribution in [3.05, 3.63) is 50.8 Å². The van der Waals surface area contributed by atoms with Gasteiger partial charge in [0.15, 0.2) is 0 Å². The molecule has 0 bridgehead atoms. The zero-order valence-corrected chi connectivity index (χ0v) is 12.9. The topological polar surface area (TPSA) is 55.9 Å². The molecule has 1 aromatic carbocycles. The van der Waals surface area contributed by atoms with Crippen molar-refractivity contribution in [2.24, 2.45) is 12.9 Å². The largest absolute Gasteiger partial charge is 0.271 e. The Hall–Kier alpha value is -1.21. The van der Waals surface area contributed by atoms with E-state index in [1.807, 2.05) is 0 Å². The standard InChI is InChI=1S/C13H14Cl2F2N4/c1-6-13(15)12(21(2)20-6)5-11(19-18)7-3-10(17)8(14)4-9(7)16/h3-4,11,19H,5,18H2,1-2H3. The maximum Gasteiger partial charge on any atom is 0.142 e. The molecule has 1 atom stereocenters. The molecule has 1 unspecified atom stereocenters. The minimum absolute atomic E-state index is 0.0781. The molecule has 3 N–H and O–H groups in total. The quantitative estimate of drug-likeness (QED) is 0.513. The van der Waals surface area contributed by atoms with Crippen molar-refractivity contribution >= 4 is 23.2 Å². The summed E-state index contributed by atoms with van der Waals surface area (Å²) in [6.07, 6.45) is 0.255. The highest BCUT2D eigenvalue weighted by Crippen LogP contribution is 2.28. The van der Waals surface area contributed by atoms with Gasteiger partial charge in [0.25, 0.3) is 0 Å². The van der Waals surface area contributed by atoms with Gasteiger partial charge in [-0.25, -0.2) is 8.78 Å². The summed E-state index contributed by atoms with van der Waals surface area (Å²) in [5.74, 6) is 4.12. The van der Waals surface area contributed by atoms with E-state index in [-0.39, 0.29) is 17.0 Å². The first kappa shape index (κ1) is 16.2. The van der Waals surface area contributed by atoms with Crippen LogP contribution in [0, 0.1) is 18.6 Å². The van der Waals surface area contributed by atoms with Crippen LogP contribution in [-0.2, 0) is 13.5 Å². The lowest BCUT2D eigenvalue weighted by Crippen LogP contribution is -2.31. The number of hydrogen-bond acceptors (Lipinski definition) is 3. The highest BCUT2D eigenvalue weighted by molar-refractivity contribution is 6.32. The molecule has 0 saturated carbocycles. The van der Waals surface area contributed by atoms with E-state index in [9.17, 15) is 8.78 Å². The van der Waals surface area contributed by atoms with Crippen LogP contribution in [0.5, 0.6) is 0 Å². The Kier molecular flexibility index (Phi) is 4.83. The molecule has 114 valence electrons. The van der Waals surface area contributed by atoms with E-state index in [1.54, 1.807) is 18.7 Å². The number of aromatic nitrogens is 2. The smallest absolute Gasteiger partial charge is 0.142 e. The van der Waals surface area contributed by atoms with Crippen LogP contribution < -0.4 is 11.3 Å². The van der Waals surface area contributed by atoms with Crippen molar-refractivity contribution in [1.82, 2.24) is 15.2 Å². The van der Waals surface area contributed by atoms with Gasteiger partial charge in [0, 0.05) is 19.0 Å². The van der Waals surface area contributed by atoms with Crippen molar-refractivity contribution in [2.45, 2.75) is 19.4 Å². The Morgan fingerprint density at radius 2 is 2.00 bits per heavy atom. The van der Waals surface area contributed by atoms with E-state index in [1.165, 1.54) is 0 Å². The van der Waals surface area contributed by atoms with Gasteiger partial charge in [-0.2, -0.15) is 5.10 Å². The number of aryl methyl sites for hydroxylation is 2. The van der Waals surface area contributed by atoms with Crippen LogP contribution in [-0.4, -0.2) is 9.78 Å². The second kappa shape index (κ2) is 6.27. The lowest BCUT2D eigenvalue weighted by atomic mass is 10.0. The van der Waals surface area contributed by atoms with Crippen LogP contribution in [0.4, 0.5) is 8.78 Å². The van der Waals surface area contributed by atoms with Gasteiger partial charge >= 0.3 is 0 Å². The number of nitrogens with zero attached hydrogens (tertiary/aromatic N) is 2. The summed E-state index contributed by atoms with van der Waals surface area (Å²) in [7, 11) is 1.72. The number of nitrogens with two attached hydrogens (primary N) is 1. The molecule has 1 heterocycles. The Bertz CT molecular complexity index is 673. The maximum absolute atomic E-state index is 14.0. The van der Waals surface area contributed by atoms with E-state index in [0.717, 1.165) is 12.1 Å². The van der Waals surface area contributed by atoms with Crippen LogP contribution in [0.1, 0.15) is 23.0 Å². The second-order valence-corrected chi connectivity index (χ2v) is 5.47. The fourth-order valence-corrected chi connectivity index (χ4v) is 2.55. The lowest BCUT2D eigenvalue weighted by Gasteiger charge is -2.18. The van der Waals surface area contributed by atoms with Gasteiger partial charge in [-0.05, 0) is 19.1 Å². The number of benzene rings is 1. The highest BCUT2D eigenvalue weighted by atomic mass is 35.5. The minimum atomic E-state index is -0.708. The van der Waals surface area contributed by atoms with Crippen molar-refractivity contribution in [3.8, 4) is 0 Å². The minimum Gasteiger partial charge on any atom is -0.271 e. The first-order chi connectivity index (χ1) is 9.85. The summed E-state index contributed by atoms with van der Waals surface area (Å²) < 4.78 is 29.1. The van der Waals surface area contributed by atoms with Crippen LogP contribution >= 0.6 is 23.2 Å². The molecule has 0 aliphatic carbocycles. The van der Waals surface area contributed by atoms with Crippen LogP contribution in [0.2, 0.25) is 10.0 Å². The normalized spacial score (nSPS) is 12.7. The second-order valence-electron chi connectivity index (χ2n) is 4.68. The van der Waals surface area contributed by atoms with E-state index >= 15 is 0 Å². The van der Waals surface area contributed by atoms with Crippen LogP contribution in [0.25, 0.3) is 0 Å². The molecule has 0 radical (unpaired) electrons.